The van der Waals surface area contributed by atoms with Gasteiger partial charge in [0.2, 0.25) is 10.0 Å². The Kier molecular flexibility index (Phi) is 3.70. The second-order valence-corrected chi connectivity index (χ2v) is 6.77. The number of rotatable bonds is 3. The van der Waals surface area contributed by atoms with Gasteiger partial charge in [0.1, 0.15) is 4.99 Å². The maximum atomic E-state index is 12.6. The van der Waals surface area contributed by atoms with Gasteiger partial charge < -0.3 is 5.73 Å². The molecule has 98 valence electrons. The number of hydrogen-bond acceptors (Lipinski definition) is 3. The number of hydrogen-bond donors (Lipinski definition) is 1. The van der Waals surface area contributed by atoms with Crippen molar-refractivity contribution in [2.75, 3.05) is 6.54 Å². The molecule has 2 rings (SSSR count). The van der Waals surface area contributed by atoms with E-state index < -0.39 is 10.0 Å². The first-order chi connectivity index (χ1) is 8.44. The van der Waals surface area contributed by atoms with Crippen molar-refractivity contribution in [1.82, 2.24) is 4.31 Å². The van der Waals surface area contributed by atoms with Crippen LogP contribution in [-0.4, -0.2) is 30.3 Å². The average Bonchev–Trinajstić information content (AvgIpc) is 2.76. The summed E-state index contributed by atoms with van der Waals surface area (Å²) in [6, 6.07) is 6.68. The van der Waals surface area contributed by atoms with Crippen molar-refractivity contribution in [2.45, 2.75) is 30.7 Å². The van der Waals surface area contributed by atoms with E-state index in [-0.39, 0.29) is 15.9 Å². The molecule has 1 aliphatic heterocycles. The lowest BCUT2D eigenvalue weighted by molar-refractivity contribution is 0.408. The third-order valence-corrected chi connectivity index (χ3v) is 5.52. The van der Waals surface area contributed by atoms with Crippen molar-refractivity contribution in [2.24, 2.45) is 5.73 Å². The van der Waals surface area contributed by atoms with Gasteiger partial charge in [0, 0.05) is 18.2 Å². The zero-order valence-electron chi connectivity index (χ0n) is 10.2. The highest BCUT2D eigenvalue weighted by atomic mass is 32.2. The Morgan fingerprint density at radius 1 is 1.44 bits per heavy atom. The summed E-state index contributed by atoms with van der Waals surface area (Å²) < 4.78 is 26.7. The molecule has 2 N–H and O–H groups in total. The molecule has 0 aliphatic carbocycles. The Labute approximate surface area is 113 Å². The van der Waals surface area contributed by atoms with E-state index in [1.807, 2.05) is 6.92 Å². The number of nitrogens with zero attached hydrogens (tertiary/aromatic N) is 1. The summed E-state index contributed by atoms with van der Waals surface area (Å²) in [4.78, 5) is 0.326. The van der Waals surface area contributed by atoms with Crippen LogP contribution in [0.4, 0.5) is 0 Å². The molecule has 4 nitrogen and oxygen atoms in total. The van der Waals surface area contributed by atoms with Gasteiger partial charge in [-0.2, -0.15) is 4.31 Å². The fourth-order valence-electron chi connectivity index (χ4n) is 2.29. The lowest BCUT2D eigenvalue weighted by Gasteiger charge is -2.22. The first kappa shape index (κ1) is 13.5. The molecule has 1 fully saturated rings. The molecule has 0 bridgehead atoms. The maximum absolute atomic E-state index is 12.6. The molecule has 1 unspecified atom stereocenters. The van der Waals surface area contributed by atoms with E-state index in [4.69, 9.17) is 18.0 Å². The molecule has 1 atom stereocenters. The molecule has 0 saturated carbocycles. The van der Waals surface area contributed by atoms with E-state index in [2.05, 4.69) is 0 Å². The van der Waals surface area contributed by atoms with E-state index in [1.165, 1.54) is 4.31 Å². The lowest BCUT2D eigenvalue weighted by Crippen LogP contribution is -2.34. The topological polar surface area (TPSA) is 63.4 Å². The van der Waals surface area contributed by atoms with Crippen LogP contribution in [-0.2, 0) is 10.0 Å². The molecule has 1 aromatic rings. The highest BCUT2D eigenvalue weighted by Crippen LogP contribution is 2.27. The molecule has 0 aromatic heterocycles. The van der Waals surface area contributed by atoms with Crippen LogP contribution in [0.2, 0.25) is 0 Å². The van der Waals surface area contributed by atoms with Gasteiger partial charge in [-0.15, -0.1) is 0 Å². The van der Waals surface area contributed by atoms with Crippen LogP contribution in [0.3, 0.4) is 0 Å². The number of thiocarbonyl (C=S) groups is 1. The molecule has 1 aliphatic rings. The Bertz CT molecular complexity index is 569. The predicted octanol–water partition coefficient (Wildman–Crippen LogP) is 1.49. The summed E-state index contributed by atoms with van der Waals surface area (Å²) in [6.45, 7) is 2.49. The Morgan fingerprint density at radius 3 is 2.67 bits per heavy atom. The van der Waals surface area contributed by atoms with Gasteiger partial charge >= 0.3 is 0 Å². The fourth-order valence-corrected chi connectivity index (χ4v) is 4.44. The van der Waals surface area contributed by atoms with Crippen LogP contribution in [0.15, 0.2) is 29.2 Å². The van der Waals surface area contributed by atoms with E-state index in [9.17, 15) is 8.42 Å². The normalized spacial score (nSPS) is 21.1. The quantitative estimate of drug-likeness (QED) is 0.854. The molecule has 0 amide bonds. The summed E-state index contributed by atoms with van der Waals surface area (Å²) in [5.74, 6) is 0. The molecule has 1 aromatic carbocycles. The first-order valence-corrected chi connectivity index (χ1v) is 7.70. The highest BCUT2D eigenvalue weighted by Gasteiger charge is 2.34. The van der Waals surface area contributed by atoms with E-state index >= 15 is 0 Å². The van der Waals surface area contributed by atoms with Crippen LogP contribution in [0.5, 0.6) is 0 Å². The third-order valence-electron chi connectivity index (χ3n) is 3.23. The van der Waals surface area contributed by atoms with Gasteiger partial charge in [-0.3, -0.25) is 0 Å². The van der Waals surface area contributed by atoms with Crippen LogP contribution < -0.4 is 5.73 Å². The van der Waals surface area contributed by atoms with Crippen LogP contribution in [0, 0.1) is 0 Å². The Hall–Kier alpha value is -0.980. The molecule has 0 radical (unpaired) electrons. The largest absolute Gasteiger partial charge is 0.389 e. The van der Waals surface area contributed by atoms with Crippen molar-refractivity contribution in [3.05, 3.63) is 29.8 Å². The van der Waals surface area contributed by atoms with Gasteiger partial charge in [-0.25, -0.2) is 8.42 Å². The van der Waals surface area contributed by atoms with Crippen molar-refractivity contribution >= 4 is 27.2 Å². The fraction of sp³-hybridized carbons (Fsp3) is 0.417. The van der Waals surface area contributed by atoms with Crippen LogP contribution in [0.1, 0.15) is 25.3 Å². The van der Waals surface area contributed by atoms with Gasteiger partial charge in [-0.1, -0.05) is 30.4 Å². The molecule has 0 spiro atoms. The van der Waals surface area contributed by atoms with Crippen molar-refractivity contribution in [3.63, 3.8) is 0 Å². The molecule has 18 heavy (non-hydrogen) atoms. The second-order valence-electron chi connectivity index (χ2n) is 4.47. The monoisotopic (exact) mass is 284 g/mol. The van der Waals surface area contributed by atoms with Crippen LogP contribution in [0.25, 0.3) is 0 Å². The van der Waals surface area contributed by atoms with Gasteiger partial charge in [0.25, 0.3) is 0 Å². The zero-order chi connectivity index (χ0) is 13.3. The minimum Gasteiger partial charge on any atom is -0.389 e. The van der Waals surface area contributed by atoms with Crippen molar-refractivity contribution in [1.29, 1.82) is 0 Å². The number of nitrogens with two attached hydrogens (primary N) is 1. The smallest absolute Gasteiger partial charge is 0.244 e. The summed E-state index contributed by atoms with van der Waals surface area (Å²) in [5.41, 5.74) is 6.02. The third kappa shape index (κ3) is 2.28. The highest BCUT2D eigenvalue weighted by molar-refractivity contribution is 7.89. The SMILES string of the molecule is CC1CCCN1S(=O)(=O)c1ccccc1C(N)=S. The number of benzene rings is 1. The number of sulfonamides is 1. The minimum absolute atomic E-state index is 0.0365. The molecular weight excluding hydrogens is 268 g/mol. The summed E-state index contributed by atoms with van der Waals surface area (Å²) in [5, 5.41) is 0. The van der Waals surface area contributed by atoms with Gasteiger partial charge in [-0.05, 0) is 25.8 Å². The van der Waals surface area contributed by atoms with Gasteiger partial charge in [0.15, 0.2) is 0 Å². The average molecular weight is 284 g/mol. The van der Waals surface area contributed by atoms with Crippen LogP contribution >= 0.6 is 12.2 Å². The Morgan fingerprint density at radius 2 is 2.11 bits per heavy atom. The van der Waals surface area contributed by atoms with Crippen molar-refractivity contribution in [3.8, 4) is 0 Å². The van der Waals surface area contributed by atoms with Crippen molar-refractivity contribution < 1.29 is 8.42 Å². The lowest BCUT2D eigenvalue weighted by atomic mass is 10.2. The second kappa shape index (κ2) is 4.95. The summed E-state index contributed by atoms with van der Waals surface area (Å²) in [7, 11) is -3.50. The maximum Gasteiger partial charge on any atom is 0.244 e. The molecule has 6 heteroatoms. The predicted molar refractivity (Wildman–Crippen MR) is 74.9 cm³/mol. The first-order valence-electron chi connectivity index (χ1n) is 5.85. The molecular formula is C12H16N2O2S2. The van der Waals surface area contributed by atoms with E-state index in [0.29, 0.717) is 12.1 Å². The standard InChI is InChI=1S/C12H16N2O2S2/c1-9-5-4-8-14(9)18(15,16)11-7-3-2-6-10(11)12(13)17/h2-3,6-7,9H,4-5,8H2,1H3,(H2,13,17). The Balaban J connectivity index is 2.51. The van der Waals surface area contributed by atoms with E-state index in [0.717, 1.165) is 12.8 Å². The molecule has 1 heterocycles. The summed E-state index contributed by atoms with van der Waals surface area (Å²) >= 11 is 4.92. The van der Waals surface area contributed by atoms with E-state index in [1.54, 1.807) is 24.3 Å². The molecule has 1 saturated heterocycles. The zero-order valence-corrected chi connectivity index (χ0v) is 11.8. The van der Waals surface area contributed by atoms with Gasteiger partial charge in [0.05, 0.1) is 4.90 Å². The minimum atomic E-state index is -3.50. The summed E-state index contributed by atoms with van der Waals surface area (Å²) in [6.07, 6.45) is 1.80.